The second kappa shape index (κ2) is 7.74. The molecule has 128 valence electrons. The number of rotatable bonds is 6. The first-order chi connectivity index (χ1) is 11.6. The maximum atomic E-state index is 12.3. The first kappa shape index (κ1) is 16.9. The van der Waals surface area contributed by atoms with E-state index in [0.717, 1.165) is 24.8 Å². The van der Waals surface area contributed by atoms with Gasteiger partial charge in [-0.2, -0.15) is 17.4 Å². The minimum atomic E-state index is -3.43. The minimum Gasteiger partial charge on any atom is -0.439 e. The molecule has 1 aliphatic heterocycles. The molecule has 24 heavy (non-hydrogen) atoms. The van der Waals surface area contributed by atoms with Gasteiger partial charge < -0.3 is 4.74 Å². The van der Waals surface area contributed by atoms with Crippen molar-refractivity contribution in [3.05, 3.63) is 54.2 Å². The van der Waals surface area contributed by atoms with Gasteiger partial charge in [-0.05, 0) is 36.6 Å². The van der Waals surface area contributed by atoms with Crippen molar-refractivity contribution >= 4 is 10.2 Å². The molecule has 1 aromatic heterocycles. The second-order valence-electron chi connectivity index (χ2n) is 5.70. The van der Waals surface area contributed by atoms with Crippen LogP contribution in [-0.2, 0) is 16.8 Å². The zero-order valence-corrected chi connectivity index (χ0v) is 14.2. The second-order valence-corrected chi connectivity index (χ2v) is 7.46. The van der Waals surface area contributed by atoms with Gasteiger partial charge in [0.15, 0.2) is 0 Å². The lowest BCUT2D eigenvalue weighted by Crippen LogP contribution is -2.43. The quantitative estimate of drug-likeness (QED) is 0.872. The van der Waals surface area contributed by atoms with Gasteiger partial charge in [-0.15, -0.1) is 0 Å². The van der Waals surface area contributed by atoms with Crippen LogP contribution in [0.3, 0.4) is 0 Å². The van der Waals surface area contributed by atoms with E-state index in [1.165, 1.54) is 4.31 Å². The summed E-state index contributed by atoms with van der Waals surface area (Å²) in [7, 11) is -3.43. The molecule has 6 nitrogen and oxygen atoms in total. The summed E-state index contributed by atoms with van der Waals surface area (Å²) in [5.41, 5.74) is 0.802. The molecule has 1 saturated heterocycles. The number of nitrogens with one attached hydrogen (secondary N) is 1. The third-order valence-electron chi connectivity index (χ3n) is 3.88. The largest absolute Gasteiger partial charge is 0.439 e. The molecule has 0 unspecified atom stereocenters. The minimum absolute atomic E-state index is 0.215. The Morgan fingerprint density at radius 2 is 1.83 bits per heavy atom. The van der Waals surface area contributed by atoms with Crippen molar-refractivity contribution < 1.29 is 13.2 Å². The van der Waals surface area contributed by atoms with Gasteiger partial charge in [-0.25, -0.2) is 4.98 Å². The summed E-state index contributed by atoms with van der Waals surface area (Å²) >= 11 is 0. The van der Waals surface area contributed by atoms with Crippen LogP contribution in [0.15, 0.2) is 48.7 Å². The van der Waals surface area contributed by atoms with Crippen LogP contribution >= 0.6 is 0 Å². The van der Waals surface area contributed by atoms with E-state index in [0.29, 0.717) is 24.7 Å². The molecule has 2 aromatic rings. The van der Waals surface area contributed by atoms with Gasteiger partial charge in [0, 0.05) is 31.9 Å². The Morgan fingerprint density at radius 3 is 2.58 bits per heavy atom. The molecule has 1 fully saturated rings. The molecule has 0 amide bonds. The Hall–Kier alpha value is -1.96. The van der Waals surface area contributed by atoms with Crippen LogP contribution in [0.1, 0.15) is 24.8 Å². The van der Waals surface area contributed by atoms with Crippen molar-refractivity contribution in [3.63, 3.8) is 0 Å². The highest BCUT2D eigenvalue weighted by atomic mass is 32.2. The standard InChI is InChI=1S/C17H21N3O3S/c21-24(22,20-11-5-2-6-12-20)19-14-15-9-10-18-17(13-15)23-16-7-3-1-4-8-16/h1,3-4,7-10,13,19H,2,5-6,11-12,14H2. The van der Waals surface area contributed by atoms with Gasteiger partial charge in [0.25, 0.3) is 10.2 Å². The number of piperidine rings is 1. The highest BCUT2D eigenvalue weighted by Crippen LogP contribution is 2.19. The first-order valence-electron chi connectivity index (χ1n) is 8.06. The van der Waals surface area contributed by atoms with Crippen molar-refractivity contribution in [1.82, 2.24) is 14.0 Å². The monoisotopic (exact) mass is 347 g/mol. The molecule has 0 saturated carbocycles. The number of hydrogen-bond donors (Lipinski definition) is 1. The van der Waals surface area contributed by atoms with Crippen LogP contribution < -0.4 is 9.46 Å². The highest BCUT2D eigenvalue weighted by molar-refractivity contribution is 7.87. The first-order valence-corrected chi connectivity index (χ1v) is 9.50. The van der Waals surface area contributed by atoms with Crippen LogP contribution in [-0.4, -0.2) is 30.8 Å². The Morgan fingerprint density at radius 1 is 1.08 bits per heavy atom. The topological polar surface area (TPSA) is 71.5 Å². The SMILES string of the molecule is O=S(=O)(NCc1ccnc(Oc2ccccc2)c1)N1CCCCC1. The summed E-state index contributed by atoms with van der Waals surface area (Å²) in [4.78, 5) is 4.16. The van der Waals surface area contributed by atoms with E-state index in [1.54, 1.807) is 18.3 Å². The Bertz CT molecular complexity index is 760. The maximum absolute atomic E-state index is 12.3. The molecule has 1 aromatic carbocycles. The number of ether oxygens (including phenoxy) is 1. The van der Waals surface area contributed by atoms with Crippen LogP contribution in [0.4, 0.5) is 0 Å². The number of pyridine rings is 1. The maximum Gasteiger partial charge on any atom is 0.279 e. The fourth-order valence-corrected chi connectivity index (χ4v) is 3.87. The summed E-state index contributed by atoms with van der Waals surface area (Å²) in [5, 5.41) is 0. The summed E-state index contributed by atoms with van der Waals surface area (Å²) in [5.74, 6) is 1.13. The molecule has 0 bridgehead atoms. The molecule has 0 atom stereocenters. The predicted molar refractivity (Wildman–Crippen MR) is 91.9 cm³/mol. The van der Waals surface area contributed by atoms with E-state index < -0.39 is 10.2 Å². The fourth-order valence-electron chi connectivity index (χ4n) is 2.60. The van der Waals surface area contributed by atoms with Gasteiger partial charge in [-0.1, -0.05) is 24.6 Å². The summed E-state index contributed by atoms with van der Waals surface area (Å²) in [6, 6.07) is 12.9. The third kappa shape index (κ3) is 4.53. The van der Waals surface area contributed by atoms with Gasteiger partial charge in [0.05, 0.1) is 0 Å². The fraction of sp³-hybridized carbons (Fsp3) is 0.353. The lowest BCUT2D eigenvalue weighted by atomic mass is 10.2. The molecule has 0 spiro atoms. The van der Waals surface area contributed by atoms with Gasteiger partial charge in [0.1, 0.15) is 5.75 Å². The van der Waals surface area contributed by atoms with Crippen molar-refractivity contribution in [3.8, 4) is 11.6 Å². The number of benzene rings is 1. The molecule has 1 N–H and O–H groups in total. The molecule has 2 heterocycles. The summed E-state index contributed by atoms with van der Waals surface area (Å²) in [6.45, 7) is 1.40. The smallest absolute Gasteiger partial charge is 0.279 e. The molecule has 0 radical (unpaired) electrons. The van der Waals surface area contributed by atoms with Crippen LogP contribution in [0.5, 0.6) is 11.6 Å². The van der Waals surface area contributed by atoms with Gasteiger partial charge in [-0.3, -0.25) is 0 Å². The zero-order chi connectivity index (χ0) is 16.8. The molecule has 0 aliphatic carbocycles. The Kier molecular flexibility index (Phi) is 5.44. The van der Waals surface area contributed by atoms with Crippen LogP contribution in [0.2, 0.25) is 0 Å². The highest BCUT2D eigenvalue weighted by Gasteiger charge is 2.23. The molecule has 1 aliphatic rings. The van der Waals surface area contributed by atoms with Crippen LogP contribution in [0.25, 0.3) is 0 Å². The average molecular weight is 347 g/mol. The van der Waals surface area contributed by atoms with Gasteiger partial charge in [0.2, 0.25) is 5.88 Å². The van der Waals surface area contributed by atoms with E-state index in [2.05, 4.69) is 9.71 Å². The summed E-state index contributed by atoms with van der Waals surface area (Å²) < 4.78 is 34.4. The number of nitrogens with zero attached hydrogens (tertiary/aromatic N) is 2. The van der Waals surface area contributed by atoms with Crippen molar-refractivity contribution in [2.45, 2.75) is 25.8 Å². The van der Waals surface area contributed by atoms with E-state index in [1.807, 2.05) is 30.3 Å². The van der Waals surface area contributed by atoms with Crippen LogP contribution in [0, 0.1) is 0 Å². The van der Waals surface area contributed by atoms with Crippen molar-refractivity contribution in [2.24, 2.45) is 0 Å². The number of para-hydroxylation sites is 1. The lowest BCUT2D eigenvalue weighted by molar-refractivity contribution is 0.341. The normalized spacial score (nSPS) is 16.0. The average Bonchev–Trinajstić information content (AvgIpc) is 2.62. The zero-order valence-electron chi connectivity index (χ0n) is 13.4. The van der Waals surface area contributed by atoms with E-state index >= 15 is 0 Å². The number of hydrogen-bond acceptors (Lipinski definition) is 4. The molecule has 3 rings (SSSR count). The Balaban J connectivity index is 1.62. The molecule has 7 heteroatoms. The van der Waals surface area contributed by atoms with E-state index in [4.69, 9.17) is 4.74 Å². The van der Waals surface area contributed by atoms with Crippen molar-refractivity contribution in [2.75, 3.05) is 13.1 Å². The number of aromatic nitrogens is 1. The lowest BCUT2D eigenvalue weighted by Gasteiger charge is -2.25. The van der Waals surface area contributed by atoms with E-state index in [9.17, 15) is 8.42 Å². The summed E-state index contributed by atoms with van der Waals surface area (Å²) in [6.07, 6.45) is 4.55. The predicted octanol–water partition coefficient (Wildman–Crippen LogP) is 2.69. The van der Waals surface area contributed by atoms with Gasteiger partial charge >= 0.3 is 0 Å². The third-order valence-corrected chi connectivity index (χ3v) is 5.43. The van der Waals surface area contributed by atoms with Crippen molar-refractivity contribution in [1.29, 1.82) is 0 Å². The van der Waals surface area contributed by atoms with E-state index in [-0.39, 0.29) is 6.54 Å². The Labute approximate surface area is 142 Å². The molecular formula is C17H21N3O3S. The molecular weight excluding hydrogens is 326 g/mol.